The highest BCUT2D eigenvalue weighted by molar-refractivity contribution is 7.94. The number of hydrogen-bond acceptors (Lipinski definition) is 4. The van der Waals surface area contributed by atoms with E-state index < -0.39 is 9.84 Å². The number of benzene rings is 1. The second kappa shape index (κ2) is 8.72. The second-order valence-corrected chi connectivity index (χ2v) is 7.19. The number of sulfone groups is 1. The van der Waals surface area contributed by atoms with Crippen molar-refractivity contribution in [3.05, 3.63) is 29.2 Å². The predicted octanol–water partition coefficient (Wildman–Crippen LogP) is 3.84. The molecule has 0 spiro atoms. The van der Waals surface area contributed by atoms with Crippen molar-refractivity contribution in [3.63, 3.8) is 0 Å². The third kappa shape index (κ3) is 7.18. The average Bonchev–Trinajstić information content (AvgIpc) is 2.44. The molecule has 0 aliphatic rings. The Kier molecular flexibility index (Phi) is 7.29. The number of phenolic OH excluding ortho intramolecular Hbond substituents is 2. The molecule has 0 aliphatic heterocycles. The summed E-state index contributed by atoms with van der Waals surface area (Å²) in [5.74, 6) is -0.327. The number of rotatable bonds is 9. The Balaban J connectivity index is 2.44. The zero-order valence-electron chi connectivity index (χ0n) is 12.5. The maximum absolute atomic E-state index is 11.8. The summed E-state index contributed by atoms with van der Waals surface area (Å²) in [5, 5.41) is 19.7. The van der Waals surface area contributed by atoms with Crippen LogP contribution in [0.3, 0.4) is 0 Å². The van der Waals surface area contributed by atoms with Gasteiger partial charge in [0.15, 0.2) is 21.3 Å². The molecule has 1 aromatic rings. The topological polar surface area (TPSA) is 74.6 Å². The summed E-state index contributed by atoms with van der Waals surface area (Å²) in [4.78, 5) is 0. The summed E-state index contributed by atoms with van der Waals surface area (Å²) in [7, 11) is -3.22. The van der Waals surface area contributed by atoms with Crippen LogP contribution in [0.5, 0.6) is 11.5 Å². The Morgan fingerprint density at radius 1 is 1.00 bits per heavy atom. The van der Waals surface area contributed by atoms with Crippen LogP contribution in [-0.4, -0.2) is 24.4 Å². The van der Waals surface area contributed by atoms with Gasteiger partial charge in [0.2, 0.25) is 0 Å². The van der Waals surface area contributed by atoms with Crippen molar-refractivity contribution in [2.24, 2.45) is 0 Å². The summed E-state index contributed by atoms with van der Waals surface area (Å²) >= 11 is 0. The van der Waals surface area contributed by atoms with Crippen LogP contribution in [0.1, 0.15) is 51.0 Å². The molecule has 1 aromatic carbocycles. The van der Waals surface area contributed by atoms with Gasteiger partial charge in [-0.1, -0.05) is 45.1 Å². The van der Waals surface area contributed by atoms with Crippen LogP contribution in [0.25, 0.3) is 6.08 Å². The smallest absolute Gasteiger partial charge is 0.171 e. The molecule has 0 aliphatic carbocycles. The molecule has 0 aromatic heterocycles. The van der Waals surface area contributed by atoms with Crippen molar-refractivity contribution in [1.29, 1.82) is 0 Å². The van der Waals surface area contributed by atoms with Gasteiger partial charge in [0.25, 0.3) is 0 Å². The van der Waals surface area contributed by atoms with Crippen molar-refractivity contribution in [2.75, 3.05) is 5.75 Å². The van der Waals surface area contributed by atoms with Gasteiger partial charge >= 0.3 is 0 Å². The van der Waals surface area contributed by atoms with Crippen LogP contribution < -0.4 is 0 Å². The van der Waals surface area contributed by atoms with Gasteiger partial charge in [-0.2, -0.15) is 0 Å². The fraction of sp³-hybridized carbons (Fsp3) is 0.500. The molecule has 0 unspecified atom stereocenters. The summed E-state index contributed by atoms with van der Waals surface area (Å²) in [5.41, 5.74) is 0.539. The first-order valence-electron chi connectivity index (χ1n) is 7.37. The third-order valence-electron chi connectivity index (χ3n) is 3.25. The Morgan fingerprint density at radius 2 is 1.67 bits per heavy atom. The van der Waals surface area contributed by atoms with Crippen LogP contribution in [0.4, 0.5) is 0 Å². The molecule has 0 fully saturated rings. The third-order valence-corrected chi connectivity index (χ3v) is 4.66. The molecule has 5 heteroatoms. The zero-order chi connectivity index (χ0) is 15.7. The van der Waals surface area contributed by atoms with E-state index in [1.807, 2.05) is 0 Å². The number of unbranched alkanes of at least 4 members (excludes halogenated alkanes) is 5. The number of phenols is 2. The van der Waals surface area contributed by atoms with E-state index >= 15 is 0 Å². The first-order valence-corrected chi connectivity index (χ1v) is 9.09. The van der Waals surface area contributed by atoms with Crippen molar-refractivity contribution in [3.8, 4) is 11.5 Å². The SMILES string of the molecule is CCCCCCCCS(=O)(=O)/C=C/c1ccc(O)c(O)c1. The second-order valence-electron chi connectivity index (χ2n) is 5.19. The molecule has 0 radical (unpaired) electrons. The molecule has 4 nitrogen and oxygen atoms in total. The molecule has 0 bridgehead atoms. The minimum absolute atomic E-state index is 0.152. The van der Waals surface area contributed by atoms with Gasteiger partial charge in [-0.25, -0.2) is 8.42 Å². The van der Waals surface area contributed by atoms with Crippen LogP contribution in [0, 0.1) is 0 Å². The van der Waals surface area contributed by atoms with Gasteiger partial charge in [0.1, 0.15) is 0 Å². The lowest BCUT2D eigenvalue weighted by Crippen LogP contribution is -2.01. The minimum Gasteiger partial charge on any atom is -0.504 e. The molecule has 118 valence electrons. The zero-order valence-corrected chi connectivity index (χ0v) is 13.3. The minimum atomic E-state index is -3.22. The van der Waals surface area contributed by atoms with Gasteiger partial charge in [-0.3, -0.25) is 0 Å². The number of hydrogen-bond donors (Lipinski definition) is 2. The van der Waals surface area contributed by atoms with Crippen LogP contribution in [0.15, 0.2) is 23.6 Å². The molecule has 0 amide bonds. The van der Waals surface area contributed by atoms with Gasteiger partial charge in [0.05, 0.1) is 5.75 Å². The maximum Gasteiger partial charge on any atom is 0.171 e. The highest BCUT2D eigenvalue weighted by atomic mass is 32.2. The lowest BCUT2D eigenvalue weighted by Gasteiger charge is -2.01. The van der Waals surface area contributed by atoms with Gasteiger partial charge < -0.3 is 10.2 Å². The summed E-state index contributed by atoms with van der Waals surface area (Å²) in [6, 6.07) is 4.20. The quantitative estimate of drug-likeness (QED) is 0.536. The van der Waals surface area contributed by atoms with Crippen LogP contribution >= 0.6 is 0 Å². The molecular formula is C16H24O4S. The van der Waals surface area contributed by atoms with Crippen LogP contribution in [-0.2, 0) is 9.84 Å². The van der Waals surface area contributed by atoms with Gasteiger partial charge in [-0.15, -0.1) is 0 Å². The molecule has 2 N–H and O–H groups in total. The average molecular weight is 312 g/mol. The first-order chi connectivity index (χ1) is 9.94. The van der Waals surface area contributed by atoms with Crippen LogP contribution in [0.2, 0.25) is 0 Å². The van der Waals surface area contributed by atoms with E-state index in [1.165, 1.54) is 42.9 Å². The van der Waals surface area contributed by atoms with E-state index in [9.17, 15) is 18.6 Å². The van der Waals surface area contributed by atoms with Crippen molar-refractivity contribution in [2.45, 2.75) is 45.4 Å². The van der Waals surface area contributed by atoms with E-state index in [0.29, 0.717) is 12.0 Å². The molecule has 1 rings (SSSR count). The fourth-order valence-electron chi connectivity index (χ4n) is 1.98. The maximum atomic E-state index is 11.8. The van der Waals surface area contributed by atoms with Crippen molar-refractivity contribution in [1.82, 2.24) is 0 Å². The fourth-order valence-corrected chi connectivity index (χ4v) is 3.09. The molecular weight excluding hydrogens is 288 g/mol. The molecule has 0 atom stereocenters. The Morgan fingerprint density at radius 3 is 2.33 bits per heavy atom. The van der Waals surface area contributed by atoms with E-state index in [1.54, 1.807) is 6.07 Å². The van der Waals surface area contributed by atoms with Crippen molar-refractivity contribution >= 4 is 15.9 Å². The summed E-state index contributed by atoms with van der Waals surface area (Å²) < 4.78 is 23.7. The summed E-state index contributed by atoms with van der Waals surface area (Å²) in [6.45, 7) is 2.15. The predicted molar refractivity (Wildman–Crippen MR) is 86.0 cm³/mol. The largest absolute Gasteiger partial charge is 0.504 e. The Hall–Kier alpha value is -1.49. The van der Waals surface area contributed by atoms with Gasteiger partial charge in [-0.05, 0) is 30.2 Å². The normalized spacial score (nSPS) is 12.0. The molecule has 21 heavy (non-hydrogen) atoms. The van der Waals surface area contributed by atoms with Crippen molar-refractivity contribution < 1.29 is 18.6 Å². The first kappa shape index (κ1) is 17.6. The number of aromatic hydroxyl groups is 2. The Bertz CT molecular complexity index is 562. The summed E-state index contributed by atoms with van der Waals surface area (Å²) in [6.07, 6.45) is 7.69. The van der Waals surface area contributed by atoms with E-state index in [4.69, 9.17) is 0 Å². The van der Waals surface area contributed by atoms with E-state index in [-0.39, 0.29) is 17.3 Å². The molecule has 0 saturated heterocycles. The monoisotopic (exact) mass is 312 g/mol. The Labute approximate surface area is 127 Å². The molecule has 0 heterocycles. The van der Waals surface area contributed by atoms with Gasteiger partial charge in [0, 0.05) is 5.41 Å². The lowest BCUT2D eigenvalue weighted by molar-refractivity contribution is 0.403. The van der Waals surface area contributed by atoms with E-state index in [2.05, 4.69) is 6.92 Å². The standard InChI is InChI=1S/C16H24O4S/c1-2-3-4-5-6-7-11-21(19,20)12-10-14-8-9-15(17)16(18)13-14/h8-10,12-13,17-18H,2-7,11H2,1H3/b12-10+. The highest BCUT2D eigenvalue weighted by Gasteiger charge is 2.06. The molecule has 0 saturated carbocycles. The highest BCUT2D eigenvalue weighted by Crippen LogP contribution is 2.25. The lowest BCUT2D eigenvalue weighted by atomic mass is 10.1. The van der Waals surface area contributed by atoms with E-state index in [0.717, 1.165) is 12.8 Å².